The van der Waals surface area contributed by atoms with E-state index in [1.54, 1.807) is 6.07 Å². The van der Waals surface area contributed by atoms with Gasteiger partial charge in [-0.2, -0.15) is 0 Å². The molecule has 9 nitrogen and oxygen atoms in total. The van der Waals surface area contributed by atoms with Crippen LogP contribution in [-0.2, 0) is 4.74 Å². The van der Waals surface area contributed by atoms with Crippen LogP contribution < -0.4 is 20.4 Å². The Hall–Kier alpha value is -3.56. The van der Waals surface area contributed by atoms with Gasteiger partial charge >= 0.3 is 0 Å². The van der Waals surface area contributed by atoms with Crippen LogP contribution in [0.5, 0.6) is 0 Å². The molecule has 0 bridgehead atoms. The van der Waals surface area contributed by atoms with E-state index in [4.69, 9.17) is 4.74 Å². The third-order valence-corrected chi connectivity index (χ3v) is 5.94. The van der Waals surface area contributed by atoms with Gasteiger partial charge in [0.15, 0.2) is 11.6 Å². The van der Waals surface area contributed by atoms with E-state index in [1.165, 1.54) is 0 Å². The van der Waals surface area contributed by atoms with Crippen molar-refractivity contribution in [3.05, 3.63) is 71.9 Å². The summed E-state index contributed by atoms with van der Waals surface area (Å²) < 4.78 is 5.76. The van der Waals surface area contributed by atoms with E-state index < -0.39 is 0 Å². The monoisotopic (exact) mass is 445 g/mol. The number of amides is 1. The average Bonchev–Trinajstić information content (AvgIpc) is 2.90. The van der Waals surface area contributed by atoms with E-state index in [9.17, 15) is 4.79 Å². The molecular formula is C24H27N7O2. The van der Waals surface area contributed by atoms with Gasteiger partial charge in [-0.05, 0) is 42.0 Å². The molecule has 4 heterocycles. The van der Waals surface area contributed by atoms with E-state index in [2.05, 4.69) is 35.6 Å². The van der Waals surface area contributed by atoms with Gasteiger partial charge in [-0.15, -0.1) is 10.2 Å². The average molecular weight is 446 g/mol. The van der Waals surface area contributed by atoms with Crippen molar-refractivity contribution in [3.8, 4) is 0 Å². The fraction of sp³-hybridized carbons (Fsp3) is 0.333. The first kappa shape index (κ1) is 21.3. The van der Waals surface area contributed by atoms with Gasteiger partial charge in [0.2, 0.25) is 0 Å². The molecule has 5 rings (SSSR count). The van der Waals surface area contributed by atoms with Crippen LogP contribution in [0.1, 0.15) is 22.0 Å². The SMILES string of the molecule is O=C(Nc1ccc(N2CCN(c3ccccn3)CC2)nn1)c1ccc(C2CNCCO2)cc1. The van der Waals surface area contributed by atoms with E-state index in [0.29, 0.717) is 18.0 Å². The second-order valence-electron chi connectivity index (χ2n) is 8.08. The molecule has 2 N–H and O–H groups in total. The van der Waals surface area contributed by atoms with Gasteiger partial charge < -0.3 is 25.2 Å². The van der Waals surface area contributed by atoms with E-state index in [-0.39, 0.29) is 12.0 Å². The van der Waals surface area contributed by atoms with Crippen molar-refractivity contribution < 1.29 is 9.53 Å². The Morgan fingerprint density at radius 1 is 0.939 bits per heavy atom. The molecule has 2 fully saturated rings. The molecular weight excluding hydrogens is 418 g/mol. The van der Waals surface area contributed by atoms with Crippen molar-refractivity contribution in [2.45, 2.75) is 6.10 Å². The molecule has 0 aliphatic carbocycles. The summed E-state index contributed by atoms with van der Waals surface area (Å²) in [4.78, 5) is 21.5. The van der Waals surface area contributed by atoms with Crippen LogP contribution in [0.2, 0.25) is 0 Å². The second-order valence-corrected chi connectivity index (χ2v) is 8.08. The third kappa shape index (κ3) is 5.10. The normalized spacial score (nSPS) is 18.7. The molecule has 2 aliphatic rings. The van der Waals surface area contributed by atoms with Crippen molar-refractivity contribution in [2.24, 2.45) is 0 Å². The van der Waals surface area contributed by atoms with Crippen LogP contribution in [-0.4, -0.2) is 67.0 Å². The Bertz CT molecular complexity index is 1050. The number of anilines is 3. The predicted octanol–water partition coefficient (Wildman–Crippen LogP) is 2.11. The number of piperazine rings is 1. The summed E-state index contributed by atoms with van der Waals surface area (Å²) >= 11 is 0. The van der Waals surface area contributed by atoms with Crippen LogP contribution in [0.4, 0.5) is 17.5 Å². The second kappa shape index (κ2) is 9.93. The highest BCUT2D eigenvalue weighted by Crippen LogP contribution is 2.20. The summed E-state index contributed by atoms with van der Waals surface area (Å²) in [5.74, 6) is 2.02. The standard InChI is InChI=1S/C24H27N7O2/c32-24(19-6-4-18(5-7-19)20-17-25-11-16-33-20)27-21-8-9-23(29-28-21)31-14-12-30(13-15-31)22-3-1-2-10-26-22/h1-10,20,25H,11-17H2,(H,27,28,32). The quantitative estimate of drug-likeness (QED) is 0.617. The topological polar surface area (TPSA) is 95.5 Å². The smallest absolute Gasteiger partial charge is 0.256 e. The summed E-state index contributed by atoms with van der Waals surface area (Å²) in [6, 6.07) is 17.1. The van der Waals surface area contributed by atoms with E-state index in [1.807, 2.05) is 54.7 Å². The van der Waals surface area contributed by atoms with E-state index in [0.717, 1.165) is 56.5 Å². The number of hydrogen-bond acceptors (Lipinski definition) is 8. The number of benzene rings is 1. The Morgan fingerprint density at radius 2 is 1.73 bits per heavy atom. The Kier molecular flexibility index (Phi) is 6.41. The number of carbonyl (C=O) groups excluding carboxylic acids is 1. The maximum absolute atomic E-state index is 12.6. The van der Waals surface area contributed by atoms with Crippen molar-refractivity contribution >= 4 is 23.4 Å². The maximum atomic E-state index is 12.6. The summed E-state index contributed by atoms with van der Waals surface area (Å²) in [6.07, 6.45) is 1.84. The number of morpholine rings is 1. The highest BCUT2D eigenvalue weighted by Gasteiger charge is 2.20. The molecule has 1 atom stereocenters. The summed E-state index contributed by atoms with van der Waals surface area (Å²) in [5.41, 5.74) is 1.63. The number of ether oxygens (including phenoxy) is 1. The Balaban J connectivity index is 1.15. The van der Waals surface area contributed by atoms with Crippen molar-refractivity contribution in [1.82, 2.24) is 20.5 Å². The first-order chi connectivity index (χ1) is 16.3. The van der Waals surface area contributed by atoms with Gasteiger partial charge in [-0.1, -0.05) is 18.2 Å². The molecule has 1 aromatic carbocycles. The number of pyridine rings is 1. The van der Waals surface area contributed by atoms with Crippen LogP contribution in [0.15, 0.2) is 60.8 Å². The van der Waals surface area contributed by atoms with Crippen molar-refractivity contribution in [2.75, 3.05) is 61.0 Å². The van der Waals surface area contributed by atoms with Gasteiger partial charge in [0.05, 0.1) is 12.7 Å². The number of aromatic nitrogens is 3. The molecule has 2 saturated heterocycles. The molecule has 1 amide bonds. The summed E-state index contributed by atoms with van der Waals surface area (Å²) in [5, 5.41) is 14.7. The minimum absolute atomic E-state index is 0.0279. The lowest BCUT2D eigenvalue weighted by Crippen LogP contribution is -2.47. The zero-order chi connectivity index (χ0) is 22.5. The molecule has 33 heavy (non-hydrogen) atoms. The van der Waals surface area contributed by atoms with Crippen molar-refractivity contribution in [3.63, 3.8) is 0 Å². The lowest BCUT2D eigenvalue weighted by atomic mass is 10.1. The van der Waals surface area contributed by atoms with E-state index >= 15 is 0 Å². The molecule has 1 unspecified atom stereocenters. The lowest BCUT2D eigenvalue weighted by Gasteiger charge is -2.35. The number of nitrogens with zero attached hydrogens (tertiary/aromatic N) is 5. The predicted molar refractivity (Wildman–Crippen MR) is 127 cm³/mol. The lowest BCUT2D eigenvalue weighted by molar-refractivity contribution is 0.0277. The highest BCUT2D eigenvalue weighted by atomic mass is 16.5. The molecule has 0 radical (unpaired) electrons. The Labute approximate surface area is 192 Å². The minimum atomic E-state index is -0.213. The van der Waals surface area contributed by atoms with Gasteiger partial charge in [0.25, 0.3) is 5.91 Å². The number of carbonyl (C=O) groups is 1. The minimum Gasteiger partial charge on any atom is -0.371 e. The fourth-order valence-electron chi connectivity index (χ4n) is 4.08. The zero-order valence-electron chi connectivity index (χ0n) is 18.4. The fourth-order valence-corrected chi connectivity index (χ4v) is 4.08. The first-order valence-corrected chi connectivity index (χ1v) is 11.2. The molecule has 3 aromatic rings. The summed E-state index contributed by atoms with van der Waals surface area (Å²) in [7, 11) is 0. The maximum Gasteiger partial charge on any atom is 0.256 e. The third-order valence-electron chi connectivity index (χ3n) is 5.94. The van der Waals surface area contributed by atoms with Gasteiger partial charge in [0.1, 0.15) is 5.82 Å². The zero-order valence-corrected chi connectivity index (χ0v) is 18.4. The number of hydrogen-bond donors (Lipinski definition) is 2. The summed E-state index contributed by atoms with van der Waals surface area (Å²) in [6.45, 7) is 5.77. The first-order valence-electron chi connectivity index (χ1n) is 11.2. The molecule has 2 aromatic heterocycles. The van der Waals surface area contributed by atoms with Gasteiger partial charge in [0, 0.05) is 51.0 Å². The van der Waals surface area contributed by atoms with Crippen molar-refractivity contribution in [1.29, 1.82) is 0 Å². The molecule has 2 aliphatic heterocycles. The van der Waals surface area contributed by atoms with Crippen LogP contribution in [0.3, 0.4) is 0 Å². The molecule has 170 valence electrons. The highest BCUT2D eigenvalue weighted by molar-refractivity contribution is 6.03. The van der Waals surface area contributed by atoms with Gasteiger partial charge in [-0.25, -0.2) is 4.98 Å². The van der Waals surface area contributed by atoms with Crippen LogP contribution >= 0.6 is 0 Å². The molecule has 0 spiro atoms. The Morgan fingerprint density at radius 3 is 2.36 bits per heavy atom. The van der Waals surface area contributed by atoms with Gasteiger partial charge in [-0.3, -0.25) is 4.79 Å². The molecule has 0 saturated carbocycles. The number of rotatable bonds is 5. The number of nitrogens with one attached hydrogen (secondary N) is 2. The molecule has 9 heteroatoms. The van der Waals surface area contributed by atoms with Crippen LogP contribution in [0, 0.1) is 0 Å². The largest absolute Gasteiger partial charge is 0.371 e. The van der Waals surface area contributed by atoms with Crippen LogP contribution in [0.25, 0.3) is 0 Å².